The molecule has 24 heavy (non-hydrogen) atoms. The zero-order valence-electron chi connectivity index (χ0n) is 12.2. The van der Waals surface area contributed by atoms with E-state index in [1.165, 1.54) is 18.2 Å². The largest absolute Gasteiger partial charge is 0.461 e. The molecule has 126 valence electrons. The molecule has 3 aromatic rings. The molecule has 0 aliphatic heterocycles. The lowest BCUT2D eigenvalue weighted by molar-refractivity contribution is 0.0519. The number of ether oxygens (including phenoxy) is 1. The lowest BCUT2D eigenvalue weighted by Crippen LogP contribution is -2.13. The molecule has 11 heteroatoms. The minimum Gasteiger partial charge on any atom is -0.461 e. The number of aromatic amines is 1. The van der Waals surface area contributed by atoms with Gasteiger partial charge in [-0.2, -0.15) is 4.98 Å². The smallest absolute Gasteiger partial charge is 0.417 e. The Morgan fingerprint density at radius 2 is 2.21 bits per heavy atom. The van der Waals surface area contributed by atoms with E-state index in [0.29, 0.717) is 5.52 Å². The fraction of sp³-hybridized carbons (Fsp3) is 0.154. The van der Waals surface area contributed by atoms with Crippen LogP contribution in [0.1, 0.15) is 17.4 Å². The maximum absolute atomic E-state index is 12.3. The number of rotatable bonds is 5. The molecule has 0 saturated heterocycles. The lowest BCUT2D eigenvalue weighted by Gasteiger charge is -2.03. The van der Waals surface area contributed by atoms with Gasteiger partial charge in [0.15, 0.2) is 11.3 Å². The van der Waals surface area contributed by atoms with Crippen LogP contribution in [0.2, 0.25) is 0 Å². The van der Waals surface area contributed by atoms with E-state index in [-0.39, 0.29) is 22.8 Å². The van der Waals surface area contributed by atoms with Crippen LogP contribution in [-0.2, 0) is 14.8 Å². The van der Waals surface area contributed by atoms with E-state index in [1.807, 2.05) is 0 Å². The molecule has 0 unspecified atom stereocenters. The van der Waals surface area contributed by atoms with Crippen LogP contribution in [0.3, 0.4) is 0 Å². The van der Waals surface area contributed by atoms with Gasteiger partial charge in [0.2, 0.25) is 0 Å². The van der Waals surface area contributed by atoms with Crippen molar-refractivity contribution >= 4 is 33.1 Å². The van der Waals surface area contributed by atoms with Gasteiger partial charge in [-0.25, -0.2) is 22.7 Å². The van der Waals surface area contributed by atoms with Gasteiger partial charge >= 0.3 is 17.7 Å². The number of sulfonamides is 1. The summed E-state index contributed by atoms with van der Waals surface area (Å²) in [4.78, 5) is 28.5. The highest BCUT2D eigenvalue weighted by Crippen LogP contribution is 2.19. The van der Waals surface area contributed by atoms with Crippen molar-refractivity contribution < 1.29 is 26.8 Å². The third-order valence-electron chi connectivity index (χ3n) is 2.91. The zero-order valence-corrected chi connectivity index (χ0v) is 13.0. The van der Waals surface area contributed by atoms with E-state index < -0.39 is 27.8 Å². The van der Waals surface area contributed by atoms with Crippen LogP contribution in [0.25, 0.3) is 11.1 Å². The number of nitrogens with one attached hydrogen (secondary N) is 2. The fourth-order valence-electron chi connectivity index (χ4n) is 1.89. The Bertz CT molecular complexity index is 1060. The van der Waals surface area contributed by atoms with Crippen LogP contribution in [0.5, 0.6) is 0 Å². The molecule has 0 amide bonds. The first-order chi connectivity index (χ1) is 11.4. The Kier molecular flexibility index (Phi) is 3.85. The SMILES string of the molecule is CCOC(=O)c1coc(NS(=O)(=O)c2ccc3[nH]c(=O)oc3c2)n1. The second-order valence-electron chi connectivity index (χ2n) is 4.54. The molecule has 0 fully saturated rings. The maximum atomic E-state index is 12.3. The highest BCUT2D eigenvalue weighted by atomic mass is 32.2. The molecule has 0 saturated carbocycles. The summed E-state index contributed by atoms with van der Waals surface area (Å²) < 4.78 is 41.1. The summed E-state index contributed by atoms with van der Waals surface area (Å²) >= 11 is 0. The van der Waals surface area contributed by atoms with E-state index in [4.69, 9.17) is 13.6 Å². The number of aromatic nitrogens is 2. The van der Waals surface area contributed by atoms with Crippen molar-refractivity contribution in [2.75, 3.05) is 11.3 Å². The second-order valence-corrected chi connectivity index (χ2v) is 6.22. The van der Waals surface area contributed by atoms with Gasteiger partial charge < -0.3 is 13.6 Å². The molecule has 0 aliphatic carbocycles. The number of anilines is 1. The monoisotopic (exact) mass is 353 g/mol. The first-order valence-corrected chi connectivity index (χ1v) is 8.15. The van der Waals surface area contributed by atoms with Crippen LogP contribution in [-0.4, -0.2) is 31.0 Å². The molecule has 3 rings (SSSR count). The summed E-state index contributed by atoms with van der Waals surface area (Å²) in [5.74, 6) is -1.43. The Hall–Kier alpha value is -3.08. The van der Waals surface area contributed by atoms with Crippen LogP contribution in [0, 0.1) is 0 Å². The molecule has 0 aliphatic rings. The summed E-state index contributed by atoms with van der Waals surface area (Å²) in [5.41, 5.74) is 0.281. The second kappa shape index (κ2) is 5.85. The fourth-order valence-corrected chi connectivity index (χ4v) is 2.84. The van der Waals surface area contributed by atoms with E-state index in [1.54, 1.807) is 6.92 Å². The first-order valence-electron chi connectivity index (χ1n) is 6.67. The van der Waals surface area contributed by atoms with Gasteiger partial charge in [0, 0.05) is 6.07 Å². The number of hydrogen-bond acceptors (Lipinski definition) is 8. The Morgan fingerprint density at radius 1 is 1.42 bits per heavy atom. The minimum absolute atomic E-state index is 0.0856. The molecule has 0 bridgehead atoms. The number of carbonyl (C=O) groups excluding carboxylic acids is 1. The molecular formula is C13H11N3O7S. The van der Waals surface area contributed by atoms with E-state index >= 15 is 0 Å². The van der Waals surface area contributed by atoms with Crippen molar-refractivity contribution in [1.82, 2.24) is 9.97 Å². The minimum atomic E-state index is -4.05. The molecule has 0 atom stereocenters. The molecule has 1 aromatic carbocycles. The van der Waals surface area contributed by atoms with Crippen molar-refractivity contribution in [1.29, 1.82) is 0 Å². The molecule has 2 N–H and O–H groups in total. The average molecular weight is 353 g/mol. The topological polar surface area (TPSA) is 144 Å². The summed E-state index contributed by atoms with van der Waals surface area (Å²) in [5, 5.41) is 0. The van der Waals surface area contributed by atoms with Gasteiger partial charge in [-0.1, -0.05) is 0 Å². The molecule has 10 nitrogen and oxygen atoms in total. The lowest BCUT2D eigenvalue weighted by atomic mass is 10.3. The first kappa shape index (κ1) is 15.8. The normalized spacial score (nSPS) is 11.5. The van der Waals surface area contributed by atoms with Gasteiger partial charge in [-0.3, -0.25) is 4.98 Å². The summed E-state index contributed by atoms with van der Waals surface area (Å²) in [6, 6.07) is 3.43. The summed E-state index contributed by atoms with van der Waals surface area (Å²) in [6.07, 6.45) is 0.976. The van der Waals surface area contributed by atoms with E-state index in [0.717, 1.165) is 6.26 Å². The van der Waals surface area contributed by atoms with Gasteiger partial charge in [0.1, 0.15) is 6.26 Å². The van der Waals surface area contributed by atoms with Crippen LogP contribution in [0.4, 0.5) is 6.01 Å². The predicted molar refractivity (Wildman–Crippen MR) is 80.1 cm³/mol. The van der Waals surface area contributed by atoms with Crippen LogP contribution in [0.15, 0.2) is 43.0 Å². The van der Waals surface area contributed by atoms with Gasteiger partial charge in [0.25, 0.3) is 10.0 Å². The van der Waals surface area contributed by atoms with Crippen molar-refractivity contribution in [3.05, 3.63) is 40.7 Å². The van der Waals surface area contributed by atoms with E-state index in [2.05, 4.69) is 14.7 Å². The number of H-pyrrole nitrogens is 1. The Labute approximate surface area is 134 Å². The highest BCUT2D eigenvalue weighted by Gasteiger charge is 2.20. The van der Waals surface area contributed by atoms with Gasteiger partial charge in [-0.15, -0.1) is 0 Å². The number of hydrogen-bond donors (Lipinski definition) is 2. The van der Waals surface area contributed by atoms with Crippen molar-refractivity contribution in [2.45, 2.75) is 11.8 Å². The number of esters is 1. The molecular weight excluding hydrogens is 342 g/mol. The zero-order chi connectivity index (χ0) is 17.3. The predicted octanol–water partition coefficient (Wildman–Crippen LogP) is 1.09. The molecule has 2 heterocycles. The summed E-state index contributed by atoms with van der Waals surface area (Å²) in [6.45, 7) is 1.77. The van der Waals surface area contributed by atoms with Crippen LogP contribution >= 0.6 is 0 Å². The maximum Gasteiger partial charge on any atom is 0.417 e. The molecule has 0 spiro atoms. The number of fused-ring (bicyclic) bond motifs is 1. The van der Waals surface area contributed by atoms with Gasteiger partial charge in [0.05, 0.1) is 17.0 Å². The average Bonchev–Trinajstić information content (AvgIpc) is 3.11. The van der Waals surface area contributed by atoms with Crippen molar-refractivity contribution in [3.8, 4) is 0 Å². The Balaban J connectivity index is 1.87. The van der Waals surface area contributed by atoms with Crippen LogP contribution < -0.4 is 10.5 Å². The number of benzene rings is 1. The quantitative estimate of drug-likeness (QED) is 0.648. The summed E-state index contributed by atoms with van der Waals surface area (Å²) in [7, 11) is -4.05. The number of oxazole rings is 2. The molecule has 0 radical (unpaired) electrons. The number of carbonyl (C=O) groups is 1. The Morgan fingerprint density at radius 3 is 2.96 bits per heavy atom. The third kappa shape index (κ3) is 3.01. The van der Waals surface area contributed by atoms with E-state index in [9.17, 15) is 18.0 Å². The van der Waals surface area contributed by atoms with Crippen molar-refractivity contribution in [3.63, 3.8) is 0 Å². The highest BCUT2D eigenvalue weighted by molar-refractivity contribution is 7.92. The molecule has 2 aromatic heterocycles. The van der Waals surface area contributed by atoms with Crippen molar-refractivity contribution in [2.24, 2.45) is 0 Å². The van der Waals surface area contributed by atoms with Gasteiger partial charge in [-0.05, 0) is 19.1 Å². The third-order valence-corrected chi connectivity index (χ3v) is 4.23. The standard InChI is InChI=1S/C13H11N3O7S/c1-2-21-11(17)9-6-22-12(14-9)16-24(19,20)7-3-4-8-10(5-7)23-13(18)15-8/h3-6H,2H2,1H3,(H,14,16)(H,15,18). The number of nitrogens with zero attached hydrogens (tertiary/aromatic N) is 1.